The van der Waals surface area contributed by atoms with E-state index in [2.05, 4.69) is 56.4 Å². The summed E-state index contributed by atoms with van der Waals surface area (Å²) in [5, 5.41) is 4.52. The van der Waals surface area contributed by atoms with Gasteiger partial charge in [0.25, 0.3) is 0 Å². The van der Waals surface area contributed by atoms with E-state index in [9.17, 15) is 0 Å². The number of anilines is 1. The van der Waals surface area contributed by atoms with E-state index in [4.69, 9.17) is 11.6 Å². The summed E-state index contributed by atoms with van der Waals surface area (Å²) >= 11 is 6.24. The molecule has 3 rings (SSSR count). The molecule has 0 spiro atoms. The first-order chi connectivity index (χ1) is 9.99. The van der Waals surface area contributed by atoms with Crippen LogP contribution in [0.2, 0.25) is 5.02 Å². The van der Waals surface area contributed by atoms with Gasteiger partial charge >= 0.3 is 0 Å². The number of nitrogens with one attached hydrogen (secondary N) is 1. The molecule has 0 saturated heterocycles. The topological polar surface area (TPSA) is 12.0 Å². The Kier molecular flexibility index (Phi) is 3.71. The van der Waals surface area contributed by atoms with Crippen molar-refractivity contribution in [2.75, 3.05) is 5.32 Å². The minimum Gasteiger partial charge on any atom is -0.378 e. The van der Waals surface area contributed by atoms with Crippen molar-refractivity contribution in [3.8, 4) is 0 Å². The molecule has 1 nitrogen and oxygen atoms in total. The van der Waals surface area contributed by atoms with Crippen molar-refractivity contribution in [3.05, 3.63) is 64.2 Å². The number of benzene rings is 2. The summed E-state index contributed by atoms with van der Waals surface area (Å²) in [6.07, 6.45) is 2.34. The van der Waals surface area contributed by atoms with Crippen LogP contribution in [0.25, 0.3) is 0 Å². The second-order valence-electron chi connectivity index (χ2n) is 6.62. The zero-order valence-electron chi connectivity index (χ0n) is 12.9. The van der Waals surface area contributed by atoms with Crippen molar-refractivity contribution in [2.24, 2.45) is 0 Å². The summed E-state index contributed by atoms with van der Waals surface area (Å²) in [6.45, 7) is 6.75. The van der Waals surface area contributed by atoms with Crippen LogP contribution < -0.4 is 5.32 Å². The van der Waals surface area contributed by atoms with E-state index in [1.54, 1.807) is 0 Å². The Morgan fingerprint density at radius 3 is 2.67 bits per heavy atom. The molecular formula is C19H22ClN. The fraction of sp³-hybridized carbons (Fsp3) is 0.368. The predicted octanol–water partition coefficient (Wildman–Crippen LogP) is 5.87. The summed E-state index contributed by atoms with van der Waals surface area (Å²) in [6, 6.07) is 15.3. The first-order valence-electron chi connectivity index (χ1n) is 7.60. The van der Waals surface area contributed by atoms with E-state index < -0.39 is 0 Å². The second-order valence-corrected chi connectivity index (χ2v) is 7.03. The Balaban J connectivity index is 1.96. The Morgan fingerprint density at radius 1 is 1.10 bits per heavy atom. The van der Waals surface area contributed by atoms with Gasteiger partial charge in [0.1, 0.15) is 0 Å². The van der Waals surface area contributed by atoms with Crippen LogP contribution in [0, 0.1) is 6.92 Å². The summed E-state index contributed by atoms with van der Waals surface area (Å²) in [5.41, 5.74) is 5.42. The van der Waals surface area contributed by atoms with E-state index in [0.29, 0.717) is 6.04 Å². The highest BCUT2D eigenvalue weighted by atomic mass is 35.5. The van der Waals surface area contributed by atoms with Gasteiger partial charge in [-0.05, 0) is 54.0 Å². The van der Waals surface area contributed by atoms with Gasteiger partial charge in [-0.25, -0.2) is 0 Å². The lowest BCUT2D eigenvalue weighted by Crippen LogP contribution is -2.29. The van der Waals surface area contributed by atoms with E-state index in [-0.39, 0.29) is 5.41 Å². The van der Waals surface area contributed by atoms with Crippen molar-refractivity contribution in [2.45, 2.75) is 45.1 Å². The van der Waals surface area contributed by atoms with Gasteiger partial charge in [0.15, 0.2) is 0 Å². The molecule has 0 aliphatic heterocycles. The van der Waals surface area contributed by atoms with Gasteiger partial charge in [0.2, 0.25) is 0 Å². The fourth-order valence-corrected chi connectivity index (χ4v) is 3.49. The quantitative estimate of drug-likeness (QED) is 0.731. The Morgan fingerprint density at radius 2 is 1.86 bits per heavy atom. The molecule has 1 unspecified atom stereocenters. The number of halogens is 1. The SMILES string of the molecule is Cc1c(Cl)cccc1NC1CCC(C)(C)c2ccccc21. The van der Waals surface area contributed by atoms with Crippen LogP contribution >= 0.6 is 11.6 Å². The van der Waals surface area contributed by atoms with Crippen molar-refractivity contribution in [1.82, 2.24) is 0 Å². The summed E-state index contributed by atoms with van der Waals surface area (Å²) in [5.74, 6) is 0. The van der Waals surface area contributed by atoms with Crippen LogP contribution in [0.4, 0.5) is 5.69 Å². The molecule has 1 atom stereocenters. The number of fused-ring (bicyclic) bond motifs is 1. The predicted molar refractivity (Wildman–Crippen MR) is 91.3 cm³/mol. The summed E-state index contributed by atoms with van der Waals surface area (Å²) in [7, 11) is 0. The first kappa shape index (κ1) is 14.5. The minimum atomic E-state index is 0.262. The van der Waals surface area contributed by atoms with Crippen molar-refractivity contribution in [3.63, 3.8) is 0 Å². The van der Waals surface area contributed by atoms with Crippen LogP contribution in [0.15, 0.2) is 42.5 Å². The second kappa shape index (κ2) is 5.38. The van der Waals surface area contributed by atoms with Crippen LogP contribution in [0.5, 0.6) is 0 Å². The maximum atomic E-state index is 6.24. The maximum Gasteiger partial charge on any atom is 0.0517 e. The largest absolute Gasteiger partial charge is 0.378 e. The normalized spacial score (nSPS) is 19.9. The molecule has 1 aliphatic carbocycles. The smallest absolute Gasteiger partial charge is 0.0517 e. The molecule has 0 fully saturated rings. The highest BCUT2D eigenvalue weighted by Gasteiger charge is 2.32. The molecule has 0 amide bonds. The molecule has 21 heavy (non-hydrogen) atoms. The highest BCUT2D eigenvalue weighted by molar-refractivity contribution is 6.31. The molecule has 110 valence electrons. The van der Waals surface area contributed by atoms with Crippen LogP contribution in [0.1, 0.15) is 49.4 Å². The molecule has 0 bridgehead atoms. The van der Waals surface area contributed by atoms with Gasteiger partial charge in [-0.1, -0.05) is 55.8 Å². The standard InChI is InChI=1S/C19H22ClN/c1-13-16(20)9-6-10-17(13)21-18-11-12-19(2,3)15-8-5-4-7-14(15)18/h4-10,18,21H,11-12H2,1-3H3. The lowest BCUT2D eigenvalue weighted by molar-refractivity contribution is 0.406. The molecule has 2 aromatic carbocycles. The Bertz CT molecular complexity index is 660. The number of hydrogen-bond acceptors (Lipinski definition) is 1. The van der Waals surface area contributed by atoms with Crippen LogP contribution in [-0.4, -0.2) is 0 Å². The maximum absolute atomic E-state index is 6.24. The zero-order valence-corrected chi connectivity index (χ0v) is 13.7. The third kappa shape index (κ3) is 2.67. The average molecular weight is 300 g/mol. The lowest BCUT2D eigenvalue weighted by atomic mass is 9.71. The number of hydrogen-bond donors (Lipinski definition) is 1. The van der Waals surface area contributed by atoms with Gasteiger partial charge < -0.3 is 5.32 Å². The van der Waals surface area contributed by atoms with Crippen LogP contribution in [-0.2, 0) is 5.41 Å². The van der Waals surface area contributed by atoms with E-state index in [0.717, 1.165) is 22.7 Å². The van der Waals surface area contributed by atoms with Crippen LogP contribution in [0.3, 0.4) is 0 Å². The molecule has 1 N–H and O–H groups in total. The lowest BCUT2D eigenvalue weighted by Gasteiger charge is -2.38. The van der Waals surface area contributed by atoms with E-state index >= 15 is 0 Å². The summed E-state index contributed by atoms with van der Waals surface area (Å²) in [4.78, 5) is 0. The van der Waals surface area contributed by atoms with Crippen molar-refractivity contribution in [1.29, 1.82) is 0 Å². The molecule has 0 heterocycles. The molecule has 2 heteroatoms. The Labute approximate surface area is 132 Å². The van der Waals surface area contributed by atoms with Gasteiger partial charge in [-0.15, -0.1) is 0 Å². The molecule has 0 saturated carbocycles. The minimum absolute atomic E-state index is 0.262. The van der Waals surface area contributed by atoms with Gasteiger partial charge in [-0.3, -0.25) is 0 Å². The monoisotopic (exact) mass is 299 g/mol. The Hall–Kier alpha value is -1.47. The summed E-state index contributed by atoms with van der Waals surface area (Å²) < 4.78 is 0. The molecule has 0 aromatic heterocycles. The zero-order chi connectivity index (χ0) is 15.0. The number of rotatable bonds is 2. The van der Waals surface area contributed by atoms with Gasteiger partial charge in [0, 0.05) is 10.7 Å². The average Bonchev–Trinajstić information content (AvgIpc) is 2.47. The van der Waals surface area contributed by atoms with Gasteiger partial charge in [-0.2, -0.15) is 0 Å². The van der Waals surface area contributed by atoms with E-state index in [1.165, 1.54) is 17.5 Å². The molecule has 0 radical (unpaired) electrons. The molecule has 2 aromatic rings. The van der Waals surface area contributed by atoms with E-state index in [1.807, 2.05) is 12.1 Å². The first-order valence-corrected chi connectivity index (χ1v) is 7.98. The third-order valence-electron chi connectivity index (χ3n) is 4.72. The van der Waals surface area contributed by atoms with Crippen molar-refractivity contribution >= 4 is 17.3 Å². The molecule has 1 aliphatic rings. The third-order valence-corrected chi connectivity index (χ3v) is 5.13. The highest BCUT2D eigenvalue weighted by Crippen LogP contribution is 2.43. The van der Waals surface area contributed by atoms with Gasteiger partial charge in [0.05, 0.1) is 6.04 Å². The fourth-order valence-electron chi connectivity index (χ4n) is 3.31. The molecular weight excluding hydrogens is 278 g/mol. The van der Waals surface area contributed by atoms with Crippen molar-refractivity contribution < 1.29 is 0 Å².